The Morgan fingerprint density at radius 3 is 2.74 bits per heavy atom. The summed E-state index contributed by atoms with van der Waals surface area (Å²) in [4.78, 5) is 22.4. The highest BCUT2D eigenvalue weighted by Gasteiger charge is 2.04. The summed E-state index contributed by atoms with van der Waals surface area (Å²) in [6.45, 7) is 3.57. The molecular weight excluding hydrogens is 264 g/mol. The van der Waals surface area contributed by atoms with Crippen molar-refractivity contribution in [3.05, 3.63) is 29.8 Å². The van der Waals surface area contributed by atoms with Gasteiger partial charge in [0, 0.05) is 11.3 Å². The van der Waals surface area contributed by atoms with Crippen molar-refractivity contribution < 1.29 is 14.3 Å². The van der Waals surface area contributed by atoms with Crippen LogP contribution >= 0.6 is 12.2 Å². The third kappa shape index (κ3) is 5.48. The molecule has 0 aliphatic carbocycles. The van der Waals surface area contributed by atoms with Gasteiger partial charge in [-0.2, -0.15) is 0 Å². The molecule has 0 radical (unpaired) electrons. The molecule has 19 heavy (non-hydrogen) atoms. The monoisotopic (exact) mass is 280 g/mol. The maximum absolute atomic E-state index is 11.2. The molecular formula is C13H16N2O3S. The number of nitrogens with one attached hydrogen (secondary N) is 2. The Morgan fingerprint density at radius 2 is 2.11 bits per heavy atom. The number of rotatable bonds is 5. The molecule has 1 aromatic carbocycles. The van der Waals surface area contributed by atoms with E-state index in [-0.39, 0.29) is 18.3 Å². The topological polar surface area (TPSA) is 67.4 Å². The van der Waals surface area contributed by atoms with Crippen LogP contribution in [0.25, 0.3) is 0 Å². The normalized spacial score (nSPS) is 9.58. The molecule has 2 N–H and O–H groups in total. The maximum Gasteiger partial charge on any atom is 0.325 e. The van der Waals surface area contributed by atoms with Crippen molar-refractivity contribution in [2.24, 2.45) is 0 Å². The van der Waals surface area contributed by atoms with Gasteiger partial charge in [0.2, 0.25) is 0 Å². The maximum atomic E-state index is 11.2. The molecule has 0 heterocycles. The molecule has 0 aliphatic rings. The van der Waals surface area contributed by atoms with E-state index in [0.717, 1.165) is 0 Å². The number of benzene rings is 1. The van der Waals surface area contributed by atoms with Gasteiger partial charge in [0.15, 0.2) is 10.9 Å². The number of ether oxygens (including phenoxy) is 1. The molecule has 1 rings (SSSR count). The molecule has 0 unspecified atom stereocenters. The molecule has 0 bridgehead atoms. The zero-order chi connectivity index (χ0) is 14.3. The Morgan fingerprint density at radius 1 is 1.37 bits per heavy atom. The van der Waals surface area contributed by atoms with E-state index < -0.39 is 0 Å². The smallest absolute Gasteiger partial charge is 0.325 e. The van der Waals surface area contributed by atoms with E-state index in [9.17, 15) is 9.59 Å². The number of hydrogen-bond donors (Lipinski definition) is 2. The van der Waals surface area contributed by atoms with Crippen molar-refractivity contribution >= 4 is 34.8 Å². The lowest BCUT2D eigenvalue weighted by atomic mass is 10.1. The van der Waals surface area contributed by atoms with Gasteiger partial charge in [0.25, 0.3) is 0 Å². The summed E-state index contributed by atoms with van der Waals surface area (Å²) in [6, 6.07) is 6.96. The highest BCUT2D eigenvalue weighted by molar-refractivity contribution is 7.80. The van der Waals surface area contributed by atoms with Gasteiger partial charge in [-0.25, -0.2) is 0 Å². The van der Waals surface area contributed by atoms with Crippen molar-refractivity contribution in [2.45, 2.75) is 13.8 Å². The third-order valence-electron chi connectivity index (χ3n) is 2.23. The van der Waals surface area contributed by atoms with Gasteiger partial charge >= 0.3 is 5.97 Å². The third-order valence-corrected chi connectivity index (χ3v) is 2.47. The molecule has 0 atom stereocenters. The van der Waals surface area contributed by atoms with Crippen molar-refractivity contribution in [1.29, 1.82) is 0 Å². The molecule has 102 valence electrons. The largest absolute Gasteiger partial charge is 0.465 e. The van der Waals surface area contributed by atoms with Crippen LogP contribution in [0.1, 0.15) is 24.2 Å². The summed E-state index contributed by atoms with van der Waals surface area (Å²) in [6.07, 6.45) is 0. The van der Waals surface area contributed by atoms with Crippen molar-refractivity contribution in [3.8, 4) is 0 Å². The lowest BCUT2D eigenvalue weighted by molar-refractivity contribution is -0.141. The molecule has 0 saturated heterocycles. The minimum Gasteiger partial charge on any atom is -0.465 e. The second-order valence-corrected chi connectivity index (χ2v) is 4.16. The second kappa shape index (κ2) is 7.48. The van der Waals surface area contributed by atoms with Crippen LogP contribution in [0, 0.1) is 0 Å². The number of esters is 1. The first-order valence-electron chi connectivity index (χ1n) is 5.84. The fourth-order valence-corrected chi connectivity index (χ4v) is 1.55. The van der Waals surface area contributed by atoms with Gasteiger partial charge in [-0.05, 0) is 38.2 Å². The Kier molecular flexibility index (Phi) is 5.95. The van der Waals surface area contributed by atoms with Crippen LogP contribution < -0.4 is 10.6 Å². The standard InChI is InChI=1S/C13H16N2O3S/c1-3-18-12(17)8-14-13(19)15-11-6-4-5-10(7-11)9(2)16/h4-7H,3,8H2,1-2H3,(H2,14,15,19). The summed E-state index contributed by atoms with van der Waals surface area (Å²) in [7, 11) is 0. The second-order valence-electron chi connectivity index (χ2n) is 3.75. The van der Waals surface area contributed by atoms with Gasteiger partial charge in [-0.3, -0.25) is 9.59 Å². The quantitative estimate of drug-likeness (QED) is 0.486. The van der Waals surface area contributed by atoms with Gasteiger partial charge in [0.1, 0.15) is 6.54 Å². The molecule has 0 saturated carbocycles. The molecule has 0 aromatic heterocycles. The number of thiocarbonyl (C=S) groups is 1. The molecule has 0 fully saturated rings. The van der Waals surface area contributed by atoms with Crippen LogP contribution in [0.4, 0.5) is 5.69 Å². The fourth-order valence-electron chi connectivity index (χ4n) is 1.36. The first kappa shape index (κ1) is 15.1. The zero-order valence-electron chi connectivity index (χ0n) is 10.9. The van der Waals surface area contributed by atoms with Crippen LogP contribution in [-0.4, -0.2) is 30.0 Å². The fraction of sp³-hybridized carbons (Fsp3) is 0.308. The van der Waals surface area contributed by atoms with Crippen LogP contribution in [-0.2, 0) is 9.53 Å². The molecule has 5 nitrogen and oxygen atoms in total. The van der Waals surface area contributed by atoms with E-state index >= 15 is 0 Å². The van der Waals surface area contributed by atoms with Gasteiger partial charge in [-0.1, -0.05) is 12.1 Å². The minimum absolute atomic E-state index is 0.00602. The van der Waals surface area contributed by atoms with E-state index in [1.165, 1.54) is 6.92 Å². The van der Waals surface area contributed by atoms with Gasteiger partial charge in [0.05, 0.1) is 6.61 Å². The number of hydrogen-bond acceptors (Lipinski definition) is 4. The predicted octanol–water partition coefficient (Wildman–Crippen LogP) is 1.74. The average molecular weight is 280 g/mol. The molecule has 0 amide bonds. The Balaban J connectivity index is 2.50. The number of carbonyl (C=O) groups excluding carboxylic acids is 2. The van der Waals surface area contributed by atoms with E-state index in [4.69, 9.17) is 17.0 Å². The van der Waals surface area contributed by atoms with E-state index in [0.29, 0.717) is 23.0 Å². The molecule has 1 aromatic rings. The summed E-state index contributed by atoms with van der Waals surface area (Å²) < 4.78 is 4.76. The highest BCUT2D eigenvalue weighted by Crippen LogP contribution is 2.10. The Bertz CT molecular complexity index is 489. The van der Waals surface area contributed by atoms with Crippen LogP contribution in [0.15, 0.2) is 24.3 Å². The number of anilines is 1. The summed E-state index contributed by atoms with van der Waals surface area (Å²) >= 11 is 5.03. The number of ketones is 1. The average Bonchev–Trinajstić information content (AvgIpc) is 2.37. The summed E-state index contributed by atoms with van der Waals surface area (Å²) in [5.74, 6) is -0.391. The zero-order valence-corrected chi connectivity index (χ0v) is 11.7. The van der Waals surface area contributed by atoms with E-state index in [2.05, 4.69) is 10.6 Å². The van der Waals surface area contributed by atoms with Crippen molar-refractivity contribution in [3.63, 3.8) is 0 Å². The van der Waals surface area contributed by atoms with Crippen molar-refractivity contribution in [1.82, 2.24) is 5.32 Å². The van der Waals surface area contributed by atoms with E-state index in [1.54, 1.807) is 31.2 Å². The number of carbonyl (C=O) groups is 2. The minimum atomic E-state index is -0.371. The van der Waals surface area contributed by atoms with E-state index in [1.807, 2.05) is 0 Å². The Labute approximate surface area is 117 Å². The lowest BCUT2D eigenvalue weighted by Gasteiger charge is -2.10. The first-order valence-corrected chi connectivity index (χ1v) is 6.25. The number of Topliss-reactive ketones (excluding diaryl/α,β-unsaturated/α-hetero) is 1. The molecule has 0 spiro atoms. The van der Waals surface area contributed by atoms with Crippen LogP contribution in [0.5, 0.6) is 0 Å². The lowest BCUT2D eigenvalue weighted by Crippen LogP contribution is -2.33. The Hall–Kier alpha value is -1.95. The summed E-state index contributed by atoms with van der Waals surface area (Å²) in [5.41, 5.74) is 1.28. The van der Waals surface area contributed by atoms with Crippen molar-refractivity contribution in [2.75, 3.05) is 18.5 Å². The molecule has 6 heteroatoms. The van der Waals surface area contributed by atoms with Gasteiger partial charge < -0.3 is 15.4 Å². The van der Waals surface area contributed by atoms with Gasteiger partial charge in [-0.15, -0.1) is 0 Å². The highest BCUT2D eigenvalue weighted by atomic mass is 32.1. The van der Waals surface area contributed by atoms with Crippen LogP contribution in [0.2, 0.25) is 0 Å². The summed E-state index contributed by atoms with van der Waals surface area (Å²) in [5, 5.41) is 5.92. The molecule has 0 aliphatic heterocycles. The first-order chi connectivity index (χ1) is 9.02. The predicted molar refractivity (Wildman–Crippen MR) is 77.3 cm³/mol. The SMILES string of the molecule is CCOC(=O)CNC(=S)Nc1cccc(C(C)=O)c1. The van der Waals surface area contributed by atoms with Crippen LogP contribution in [0.3, 0.4) is 0 Å².